The van der Waals surface area contributed by atoms with Crippen molar-refractivity contribution in [2.45, 2.75) is 25.4 Å². The van der Waals surface area contributed by atoms with Gasteiger partial charge in [0.2, 0.25) is 5.91 Å². The average Bonchev–Trinajstić information content (AvgIpc) is 3.16. The molecule has 2 aromatic rings. The standard InChI is InChI=1S/C14H18N4O/c15-12(10-5-6-10)7-16-14(19)9-18-8-11-3-1-2-4-13(11)17-18/h1-4,8,10,12H,5-7,9,15H2,(H,16,19). The molecule has 100 valence electrons. The van der Waals surface area contributed by atoms with E-state index < -0.39 is 0 Å². The molecular formula is C14H18N4O. The number of carbonyl (C=O) groups is 1. The summed E-state index contributed by atoms with van der Waals surface area (Å²) in [6.45, 7) is 0.802. The molecule has 0 radical (unpaired) electrons. The predicted molar refractivity (Wildman–Crippen MR) is 73.4 cm³/mol. The first-order chi connectivity index (χ1) is 9.22. The Hall–Kier alpha value is -1.88. The first-order valence-electron chi connectivity index (χ1n) is 6.67. The van der Waals surface area contributed by atoms with Crippen molar-refractivity contribution in [2.75, 3.05) is 6.54 Å². The third-order valence-corrected chi connectivity index (χ3v) is 3.53. The average molecular weight is 258 g/mol. The number of nitrogens with one attached hydrogen (secondary N) is 1. The Morgan fingerprint density at radius 3 is 3.00 bits per heavy atom. The molecule has 0 bridgehead atoms. The molecule has 1 fully saturated rings. The van der Waals surface area contributed by atoms with Crippen molar-refractivity contribution in [2.24, 2.45) is 11.7 Å². The Morgan fingerprint density at radius 2 is 2.26 bits per heavy atom. The second kappa shape index (κ2) is 5.01. The number of carbonyl (C=O) groups excluding carboxylic acids is 1. The number of hydrogen-bond acceptors (Lipinski definition) is 3. The van der Waals surface area contributed by atoms with Crippen LogP contribution < -0.4 is 11.1 Å². The molecule has 1 heterocycles. The molecule has 0 saturated heterocycles. The minimum absolute atomic E-state index is 0.0380. The van der Waals surface area contributed by atoms with Crippen LogP contribution in [0.2, 0.25) is 0 Å². The smallest absolute Gasteiger partial charge is 0.241 e. The Kier molecular flexibility index (Phi) is 3.21. The van der Waals surface area contributed by atoms with Gasteiger partial charge in [-0.3, -0.25) is 9.48 Å². The van der Waals surface area contributed by atoms with E-state index in [0.29, 0.717) is 12.5 Å². The highest BCUT2D eigenvalue weighted by Gasteiger charge is 2.28. The van der Waals surface area contributed by atoms with Crippen molar-refractivity contribution >= 4 is 16.8 Å². The fourth-order valence-electron chi connectivity index (χ4n) is 2.22. The molecule has 1 amide bonds. The lowest BCUT2D eigenvalue weighted by molar-refractivity contribution is -0.121. The molecule has 3 rings (SSSR count). The summed E-state index contributed by atoms with van der Waals surface area (Å²) in [5, 5.41) is 8.27. The van der Waals surface area contributed by atoms with Crippen LogP contribution in [0.25, 0.3) is 10.9 Å². The quantitative estimate of drug-likeness (QED) is 0.836. The Morgan fingerprint density at radius 1 is 1.47 bits per heavy atom. The first kappa shape index (κ1) is 12.2. The monoisotopic (exact) mass is 258 g/mol. The molecule has 1 aromatic heterocycles. The van der Waals surface area contributed by atoms with Gasteiger partial charge in [-0.05, 0) is 24.8 Å². The fourth-order valence-corrected chi connectivity index (χ4v) is 2.22. The summed E-state index contributed by atoms with van der Waals surface area (Å²) in [7, 11) is 0. The molecule has 0 spiro atoms. The Balaban J connectivity index is 1.56. The van der Waals surface area contributed by atoms with E-state index in [2.05, 4.69) is 10.4 Å². The summed E-state index contributed by atoms with van der Waals surface area (Å²) in [5.41, 5.74) is 6.85. The van der Waals surface area contributed by atoms with Gasteiger partial charge in [0.15, 0.2) is 0 Å². The number of aromatic nitrogens is 2. The van der Waals surface area contributed by atoms with E-state index in [0.717, 1.165) is 10.9 Å². The normalized spacial score (nSPS) is 16.5. The molecule has 1 aliphatic carbocycles. The van der Waals surface area contributed by atoms with Crippen LogP contribution in [0.1, 0.15) is 12.8 Å². The van der Waals surface area contributed by atoms with Gasteiger partial charge in [-0.2, -0.15) is 5.10 Å². The van der Waals surface area contributed by atoms with Gasteiger partial charge in [-0.25, -0.2) is 0 Å². The summed E-state index contributed by atoms with van der Waals surface area (Å²) in [6, 6.07) is 7.92. The zero-order chi connectivity index (χ0) is 13.2. The molecule has 1 aliphatic rings. The molecular weight excluding hydrogens is 240 g/mol. The zero-order valence-corrected chi connectivity index (χ0v) is 10.7. The van der Waals surface area contributed by atoms with Crippen molar-refractivity contribution in [3.8, 4) is 0 Å². The zero-order valence-electron chi connectivity index (χ0n) is 10.7. The summed E-state index contributed by atoms with van der Waals surface area (Å²) in [4.78, 5) is 11.8. The van der Waals surface area contributed by atoms with E-state index in [1.54, 1.807) is 4.68 Å². The maximum atomic E-state index is 11.8. The van der Waals surface area contributed by atoms with Crippen molar-refractivity contribution in [1.29, 1.82) is 0 Å². The lowest BCUT2D eigenvalue weighted by Crippen LogP contribution is -2.39. The summed E-state index contributed by atoms with van der Waals surface area (Å²) >= 11 is 0. The largest absolute Gasteiger partial charge is 0.353 e. The van der Waals surface area contributed by atoms with E-state index in [-0.39, 0.29) is 18.5 Å². The van der Waals surface area contributed by atoms with Gasteiger partial charge < -0.3 is 11.1 Å². The molecule has 19 heavy (non-hydrogen) atoms. The summed E-state index contributed by atoms with van der Waals surface area (Å²) < 4.78 is 1.67. The maximum Gasteiger partial charge on any atom is 0.241 e. The van der Waals surface area contributed by atoms with Crippen LogP contribution in [0.5, 0.6) is 0 Å². The van der Waals surface area contributed by atoms with Crippen LogP contribution in [0.3, 0.4) is 0 Å². The highest BCUT2D eigenvalue weighted by molar-refractivity contribution is 5.79. The van der Waals surface area contributed by atoms with Crippen molar-refractivity contribution < 1.29 is 4.79 Å². The number of amides is 1. The topological polar surface area (TPSA) is 72.9 Å². The van der Waals surface area contributed by atoms with E-state index in [4.69, 9.17) is 5.73 Å². The maximum absolute atomic E-state index is 11.8. The molecule has 5 heteroatoms. The molecule has 0 aliphatic heterocycles. The highest BCUT2D eigenvalue weighted by Crippen LogP contribution is 2.31. The molecule has 1 atom stereocenters. The summed E-state index contributed by atoms with van der Waals surface area (Å²) in [6.07, 6.45) is 4.28. The number of nitrogens with zero attached hydrogens (tertiary/aromatic N) is 2. The van der Waals surface area contributed by atoms with Crippen molar-refractivity contribution in [3.63, 3.8) is 0 Å². The van der Waals surface area contributed by atoms with Crippen LogP contribution in [-0.4, -0.2) is 28.3 Å². The van der Waals surface area contributed by atoms with E-state index in [1.165, 1.54) is 12.8 Å². The number of benzene rings is 1. The van der Waals surface area contributed by atoms with Gasteiger partial charge >= 0.3 is 0 Å². The molecule has 5 nitrogen and oxygen atoms in total. The third kappa shape index (κ3) is 2.93. The Labute approximate surface area is 111 Å². The second-order valence-electron chi connectivity index (χ2n) is 5.19. The van der Waals surface area contributed by atoms with Gasteiger partial charge in [0, 0.05) is 24.2 Å². The van der Waals surface area contributed by atoms with Crippen molar-refractivity contribution in [3.05, 3.63) is 30.5 Å². The van der Waals surface area contributed by atoms with Crippen LogP contribution in [0, 0.1) is 5.92 Å². The SMILES string of the molecule is NC(CNC(=O)Cn1cc2ccccc2n1)C1CC1. The second-order valence-corrected chi connectivity index (χ2v) is 5.19. The number of fused-ring (bicyclic) bond motifs is 1. The van der Waals surface area contributed by atoms with Crippen LogP contribution >= 0.6 is 0 Å². The van der Waals surface area contributed by atoms with Gasteiger partial charge in [0.1, 0.15) is 6.54 Å². The first-order valence-corrected chi connectivity index (χ1v) is 6.67. The molecule has 3 N–H and O–H groups in total. The van der Waals surface area contributed by atoms with Crippen LogP contribution in [-0.2, 0) is 11.3 Å². The third-order valence-electron chi connectivity index (χ3n) is 3.53. The fraction of sp³-hybridized carbons (Fsp3) is 0.429. The Bertz CT molecular complexity index is 555. The molecule has 1 saturated carbocycles. The van der Waals surface area contributed by atoms with E-state index >= 15 is 0 Å². The number of hydrogen-bond donors (Lipinski definition) is 2. The van der Waals surface area contributed by atoms with Gasteiger partial charge in [-0.1, -0.05) is 18.2 Å². The van der Waals surface area contributed by atoms with Crippen molar-refractivity contribution in [1.82, 2.24) is 15.1 Å². The van der Waals surface area contributed by atoms with Crippen LogP contribution in [0.15, 0.2) is 30.5 Å². The van der Waals surface area contributed by atoms with Gasteiger partial charge in [0.05, 0.1) is 5.52 Å². The van der Waals surface area contributed by atoms with Gasteiger partial charge in [-0.15, -0.1) is 0 Å². The molecule has 1 unspecified atom stereocenters. The summed E-state index contributed by atoms with van der Waals surface area (Å²) in [5.74, 6) is 0.566. The minimum Gasteiger partial charge on any atom is -0.353 e. The van der Waals surface area contributed by atoms with E-state index in [9.17, 15) is 4.79 Å². The molecule has 1 aromatic carbocycles. The highest BCUT2D eigenvalue weighted by atomic mass is 16.2. The lowest BCUT2D eigenvalue weighted by atomic mass is 10.2. The minimum atomic E-state index is -0.0380. The van der Waals surface area contributed by atoms with E-state index in [1.807, 2.05) is 30.5 Å². The van der Waals surface area contributed by atoms with Gasteiger partial charge in [0.25, 0.3) is 0 Å². The van der Waals surface area contributed by atoms with Crippen LogP contribution in [0.4, 0.5) is 0 Å². The predicted octanol–water partition coefficient (Wildman–Crippen LogP) is 0.890. The lowest BCUT2D eigenvalue weighted by Gasteiger charge is -2.11. The number of nitrogens with two attached hydrogens (primary N) is 1. The number of rotatable bonds is 5.